The van der Waals surface area contributed by atoms with Gasteiger partial charge in [0.15, 0.2) is 0 Å². The molecule has 2 rings (SSSR count). The first-order valence-corrected chi connectivity index (χ1v) is 8.38. The molecule has 1 N–H and O–H groups in total. The average molecular weight is 309 g/mol. The molecular weight excluding hydrogens is 286 g/mol. The van der Waals surface area contributed by atoms with Gasteiger partial charge in [0, 0.05) is 10.8 Å². The Morgan fingerprint density at radius 2 is 1.81 bits per heavy atom. The molecule has 0 fully saturated rings. The van der Waals surface area contributed by atoms with Crippen LogP contribution in [0.25, 0.3) is 0 Å². The summed E-state index contributed by atoms with van der Waals surface area (Å²) in [5.74, 6) is -0.492. The van der Waals surface area contributed by atoms with Gasteiger partial charge in [-0.2, -0.15) is 0 Å². The van der Waals surface area contributed by atoms with Gasteiger partial charge in [-0.3, -0.25) is 4.79 Å². The number of carbonyl (C=O) groups excluding carboxylic acids is 2. The largest absolute Gasteiger partial charge is 0.459 e. The highest BCUT2D eigenvalue weighted by Gasteiger charge is 2.28. The predicted molar refractivity (Wildman–Crippen MR) is 85.0 cm³/mol. The zero-order chi connectivity index (χ0) is 15.6. The van der Waals surface area contributed by atoms with Crippen LogP contribution in [-0.4, -0.2) is 18.0 Å². The summed E-state index contributed by atoms with van der Waals surface area (Å²) in [5, 5.41) is 3.56. The number of anilines is 1. The van der Waals surface area contributed by atoms with E-state index in [1.807, 2.05) is 27.7 Å². The number of nitrogens with one attached hydrogen (secondary N) is 1. The lowest BCUT2D eigenvalue weighted by Crippen LogP contribution is -2.20. The van der Waals surface area contributed by atoms with Crippen LogP contribution in [0.1, 0.15) is 61.3 Å². The second-order valence-corrected chi connectivity index (χ2v) is 7.12. The van der Waals surface area contributed by atoms with Crippen LogP contribution in [0.5, 0.6) is 0 Å². The number of hydrogen-bond donors (Lipinski definition) is 1. The Morgan fingerprint density at radius 1 is 1.14 bits per heavy atom. The zero-order valence-electron chi connectivity index (χ0n) is 13.1. The molecule has 0 spiro atoms. The lowest BCUT2D eigenvalue weighted by Gasteiger charge is -2.14. The molecule has 0 atom stereocenters. The lowest BCUT2D eigenvalue weighted by molar-refractivity contribution is -0.118. The van der Waals surface area contributed by atoms with Crippen LogP contribution >= 0.6 is 11.3 Å². The van der Waals surface area contributed by atoms with Crippen molar-refractivity contribution in [3.8, 4) is 0 Å². The van der Waals surface area contributed by atoms with Crippen LogP contribution in [0.15, 0.2) is 0 Å². The van der Waals surface area contributed by atoms with Crippen LogP contribution in [-0.2, 0) is 22.4 Å². The Labute approximate surface area is 129 Å². The van der Waals surface area contributed by atoms with Crippen molar-refractivity contribution in [2.75, 3.05) is 5.32 Å². The van der Waals surface area contributed by atoms with Crippen molar-refractivity contribution in [1.82, 2.24) is 0 Å². The maximum absolute atomic E-state index is 12.4. The molecule has 1 aliphatic rings. The number of fused-ring (bicyclic) bond motifs is 1. The fourth-order valence-corrected chi connectivity index (χ4v) is 3.68. The third-order valence-electron chi connectivity index (χ3n) is 3.48. The van der Waals surface area contributed by atoms with E-state index >= 15 is 0 Å². The van der Waals surface area contributed by atoms with E-state index in [1.165, 1.54) is 16.2 Å². The molecular formula is C16H23NO3S. The molecule has 0 bridgehead atoms. The Balaban J connectivity index is 2.36. The Bertz CT molecular complexity index is 546. The van der Waals surface area contributed by atoms with Crippen molar-refractivity contribution in [2.45, 2.75) is 59.5 Å². The van der Waals surface area contributed by atoms with Crippen molar-refractivity contribution in [1.29, 1.82) is 0 Å². The molecule has 0 unspecified atom stereocenters. The first-order valence-electron chi connectivity index (χ1n) is 7.56. The SMILES string of the molecule is CC(C)OC(=O)c1c(NC(=O)C(C)C)sc2c1CCCC2. The topological polar surface area (TPSA) is 55.4 Å². The van der Waals surface area contributed by atoms with Crippen LogP contribution in [0.4, 0.5) is 5.00 Å². The fraction of sp³-hybridized carbons (Fsp3) is 0.625. The van der Waals surface area contributed by atoms with Crippen molar-refractivity contribution in [3.63, 3.8) is 0 Å². The highest BCUT2D eigenvalue weighted by atomic mass is 32.1. The third kappa shape index (κ3) is 3.64. The molecule has 0 saturated heterocycles. The number of hydrogen-bond acceptors (Lipinski definition) is 4. The minimum atomic E-state index is -0.316. The molecule has 1 aromatic heterocycles. The summed E-state index contributed by atoms with van der Waals surface area (Å²) < 4.78 is 5.36. The molecule has 0 aliphatic heterocycles. The van der Waals surface area contributed by atoms with Crippen molar-refractivity contribution in [3.05, 3.63) is 16.0 Å². The van der Waals surface area contributed by atoms with Gasteiger partial charge in [-0.25, -0.2) is 4.79 Å². The zero-order valence-corrected chi connectivity index (χ0v) is 13.9. The Hall–Kier alpha value is -1.36. The maximum atomic E-state index is 12.4. The molecule has 0 aromatic carbocycles. The first-order chi connectivity index (χ1) is 9.90. The quantitative estimate of drug-likeness (QED) is 0.861. The fourth-order valence-electron chi connectivity index (χ4n) is 2.40. The van der Waals surface area contributed by atoms with E-state index in [-0.39, 0.29) is 23.9 Å². The summed E-state index contributed by atoms with van der Waals surface area (Å²) >= 11 is 1.53. The second-order valence-electron chi connectivity index (χ2n) is 6.01. The standard InChI is InChI=1S/C16H23NO3S/c1-9(2)14(18)17-15-13(16(19)20-10(3)4)11-7-5-6-8-12(11)21-15/h9-10H,5-8H2,1-4H3,(H,17,18). The van der Waals surface area contributed by atoms with Gasteiger partial charge in [0.25, 0.3) is 0 Å². The lowest BCUT2D eigenvalue weighted by atomic mass is 9.95. The van der Waals surface area contributed by atoms with E-state index in [0.29, 0.717) is 10.6 Å². The van der Waals surface area contributed by atoms with E-state index in [4.69, 9.17) is 4.74 Å². The molecule has 1 aliphatic carbocycles. The number of thiophene rings is 1. The monoisotopic (exact) mass is 309 g/mol. The Morgan fingerprint density at radius 3 is 2.43 bits per heavy atom. The van der Waals surface area contributed by atoms with Gasteiger partial charge in [0.2, 0.25) is 5.91 Å². The summed E-state index contributed by atoms with van der Waals surface area (Å²) in [5.41, 5.74) is 1.66. The summed E-state index contributed by atoms with van der Waals surface area (Å²) in [6, 6.07) is 0. The maximum Gasteiger partial charge on any atom is 0.341 e. The summed E-state index contributed by atoms with van der Waals surface area (Å²) in [6.07, 6.45) is 3.95. The van der Waals surface area contributed by atoms with Gasteiger partial charge in [0.05, 0.1) is 11.7 Å². The van der Waals surface area contributed by atoms with Gasteiger partial charge in [-0.05, 0) is 45.1 Å². The minimum Gasteiger partial charge on any atom is -0.459 e. The smallest absolute Gasteiger partial charge is 0.341 e. The normalized spacial score (nSPS) is 14.2. The van der Waals surface area contributed by atoms with E-state index in [9.17, 15) is 9.59 Å². The van der Waals surface area contributed by atoms with Crippen LogP contribution < -0.4 is 5.32 Å². The molecule has 0 radical (unpaired) electrons. The van der Waals surface area contributed by atoms with Gasteiger partial charge in [-0.15, -0.1) is 11.3 Å². The van der Waals surface area contributed by atoms with E-state index in [2.05, 4.69) is 5.32 Å². The number of amides is 1. The van der Waals surface area contributed by atoms with Crippen LogP contribution in [0.2, 0.25) is 0 Å². The number of ether oxygens (including phenoxy) is 1. The van der Waals surface area contributed by atoms with Crippen molar-refractivity contribution < 1.29 is 14.3 Å². The number of carbonyl (C=O) groups is 2. The van der Waals surface area contributed by atoms with E-state index < -0.39 is 0 Å². The molecule has 5 heteroatoms. The highest BCUT2D eigenvalue weighted by Crippen LogP contribution is 2.38. The Kier molecular flexibility index (Phi) is 5.04. The average Bonchev–Trinajstić information content (AvgIpc) is 2.75. The summed E-state index contributed by atoms with van der Waals surface area (Å²) in [4.78, 5) is 25.6. The second kappa shape index (κ2) is 6.60. The molecule has 4 nitrogen and oxygen atoms in total. The van der Waals surface area contributed by atoms with Crippen molar-refractivity contribution >= 4 is 28.2 Å². The molecule has 21 heavy (non-hydrogen) atoms. The molecule has 1 heterocycles. The number of aryl methyl sites for hydroxylation is 1. The number of esters is 1. The van der Waals surface area contributed by atoms with E-state index in [1.54, 1.807) is 0 Å². The van der Waals surface area contributed by atoms with E-state index in [0.717, 1.165) is 31.2 Å². The van der Waals surface area contributed by atoms with Crippen molar-refractivity contribution in [2.24, 2.45) is 5.92 Å². The predicted octanol–water partition coefficient (Wildman–Crippen LogP) is 3.79. The van der Waals surface area contributed by atoms with Gasteiger partial charge in [0.1, 0.15) is 5.00 Å². The van der Waals surface area contributed by atoms with Crippen LogP contribution in [0.3, 0.4) is 0 Å². The summed E-state index contributed by atoms with van der Waals surface area (Å²) in [7, 11) is 0. The molecule has 0 saturated carbocycles. The van der Waals surface area contributed by atoms with Gasteiger partial charge in [-0.1, -0.05) is 13.8 Å². The number of rotatable bonds is 4. The highest BCUT2D eigenvalue weighted by molar-refractivity contribution is 7.17. The molecule has 1 amide bonds. The van der Waals surface area contributed by atoms with Gasteiger partial charge < -0.3 is 10.1 Å². The molecule has 116 valence electrons. The molecule has 1 aromatic rings. The van der Waals surface area contributed by atoms with Crippen LogP contribution in [0, 0.1) is 5.92 Å². The summed E-state index contributed by atoms with van der Waals surface area (Å²) in [6.45, 7) is 7.36. The minimum absolute atomic E-state index is 0.0628. The first kappa shape index (κ1) is 16.0. The third-order valence-corrected chi connectivity index (χ3v) is 4.69. The van der Waals surface area contributed by atoms with Gasteiger partial charge >= 0.3 is 5.97 Å².